The number of para-hydroxylation sites is 1. The second kappa shape index (κ2) is 10.5. The molecule has 0 radical (unpaired) electrons. The van der Waals surface area contributed by atoms with Crippen molar-refractivity contribution in [2.45, 2.75) is 20.5 Å². The molecule has 6 nitrogen and oxygen atoms in total. The Kier molecular flexibility index (Phi) is 8.67. The van der Waals surface area contributed by atoms with Gasteiger partial charge in [-0.1, -0.05) is 26.0 Å². The lowest BCUT2D eigenvalue weighted by Gasteiger charge is -1.98. The molecule has 0 saturated carbocycles. The third-order valence-electron chi connectivity index (χ3n) is 2.90. The van der Waals surface area contributed by atoms with Crippen molar-refractivity contribution in [3.05, 3.63) is 52.4 Å². The zero-order valence-corrected chi connectivity index (χ0v) is 15.6. The highest BCUT2D eigenvalue weighted by molar-refractivity contribution is 9.10. The summed E-state index contributed by atoms with van der Waals surface area (Å²) >= 11 is 3.22. The molecule has 7 heteroatoms. The molecule has 0 bridgehead atoms. The topological polar surface area (TPSA) is 101 Å². The number of rotatable bonds is 3. The minimum atomic E-state index is 0.387. The normalized spacial score (nSPS) is 9.50. The van der Waals surface area contributed by atoms with E-state index in [-0.39, 0.29) is 0 Å². The van der Waals surface area contributed by atoms with Crippen molar-refractivity contribution in [2.75, 3.05) is 12.8 Å². The lowest BCUT2D eigenvalue weighted by atomic mass is 10.2. The zero-order valence-electron chi connectivity index (χ0n) is 14.0. The molecule has 0 aliphatic carbocycles. The number of nitrogens with two attached hydrogens (primary N) is 1. The number of aromatic amines is 1. The van der Waals surface area contributed by atoms with Crippen LogP contribution >= 0.6 is 15.9 Å². The SMILES string of the molecule is CC.COCc1cccc2[nH]cnc12.N=Cc1cc(Br)cnc1N. The maximum atomic E-state index is 6.92. The first-order valence-corrected chi connectivity index (χ1v) is 8.26. The van der Waals surface area contributed by atoms with Gasteiger partial charge in [0, 0.05) is 35.1 Å². The lowest BCUT2D eigenvalue weighted by molar-refractivity contribution is 0.186. The smallest absolute Gasteiger partial charge is 0.132 e. The third kappa shape index (κ3) is 5.43. The number of pyridine rings is 1. The molecule has 0 aliphatic rings. The number of imidazole rings is 1. The number of nitrogen functional groups attached to an aromatic ring is 1. The number of fused-ring (bicyclic) bond motifs is 1. The average Bonchev–Trinajstić information content (AvgIpc) is 3.09. The summed E-state index contributed by atoms with van der Waals surface area (Å²) in [4.78, 5) is 11.1. The summed E-state index contributed by atoms with van der Waals surface area (Å²) in [7, 11) is 1.69. The van der Waals surface area contributed by atoms with Crippen molar-refractivity contribution in [2.24, 2.45) is 0 Å². The average molecular weight is 392 g/mol. The molecule has 0 atom stereocenters. The predicted molar refractivity (Wildman–Crippen MR) is 102 cm³/mol. The number of nitrogens with zero attached hydrogens (tertiary/aromatic N) is 2. The highest BCUT2D eigenvalue weighted by Gasteiger charge is 2.01. The molecule has 1 aromatic carbocycles. The molecule has 24 heavy (non-hydrogen) atoms. The van der Waals surface area contributed by atoms with E-state index >= 15 is 0 Å². The minimum absolute atomic E-state index is 0.387. The number of halogens is 1. The Bertz CT molecular complexity index is 773. The van der Waals surface area contributed by atoms with E-state index in [1.807, 2.05) is 32.0 Å². The molecule has 0 spiro atoms. The second-order valence-electron chi connectivity index (χ2n) is 4.42. The number of nitrogens with one attached hydrogen (secondary N) is 2. The van der Waals surface area contributed by atoms with Crippen molar-refractivity contribution in [1.29, 1.82) is 5.41 Å². The van der Waals surface area contributed by atoms with Gasteiger partial charge in [0.2, 0.25) is 0 Å². The first-order chi connectivity index (χ1) is 11.7. The fraction of sp³-hybridized carbons (Fsp3) is 0.235. The van der Waals surface area contributed by atoms with Crippen molar-refractivity contribution in [3.63, 3.8) is 0 Å². The number of ether oxygens (including phenoxy) is 1. The molecule has 4 N–H and O–H groups in total. The Labute approximate surface area is 150 Å². The Hall–Kier alpha value is -2.25. The molecule has 0 amide bonds. The summed E-state index contributed by atoms with van der Waals surface area (Å²) in [5.74, 6) is 0.387. The molecule has 2 heterocycles. The number of benzene rings is 1. The van der Waals surface area contributed by atoms with E-state index in [0.717, 1.165) is 21.1 Å². The van der Waals surface area contributed by atoms with Crippen LogP contribution in [0.4, 0.5) is 5.82 Å². The highest BCUT2D eigenvalue weighted by atomic mass is 79.9. The third-order valence-corrected chi connectivity index (χ3v) is 3.34. The molecule has 3 rings (SSSR count). The number of hydrogen-bond acceptors (Lipinski definition) is 5. The fourth-order valence-corrected chi connectivity index (χ4v) is 2.23. The van der Waals surface area contributed by atoms with Gasteiger partial charge in [-0.3, -0.25) is 0 Å². The molecule has 2 aromatic heterocycles. The van der Waals surface area contributed by atoms with Crippen LogP contribution in [0, 0.1) is 5.41 Å². The minimum Gasteiger partial charge on any atom is -0.383 e. The van der Waals surface area contributed by atoms with Crippen LogP contribution in [-0.2, 0) is 11.3 Å². The van der Waals surface area contributed by atoms with E-state index in [4.69, 9.17) is 15.9 Å². The number of H-pyrrole nitrogens is 1. The van der Waals surface area contributed by atoms with Crippen LogP contribution in [0.5, 0.6) is 0 Å². The number of hydrogen-bond donors (Lipinski definition) is 3. The first kappa shape index (κ1) is 19.8. The van der Waals surface area contributed by atoms with Crippen LogP contribution < -0.4 is 5.73 Å². The summed E-state index contributed by atoms with van der Waals surface area (Å²) in [6.07, 6.45) is 4.47. The summed E-state index contributed by atoms with van der Waals surface area (Å²) in [6.45, 7) is 4.61. The Morgan fingerprint density at radius 3 is 2.71 bits per heavy atom. The van der Waals surface area contributed by atoms with Gasteiger partial charge in [-0.05, 0) is 28.1 Å². The van der Waals surface area contributed by atoms with Gasteiger partial charge in [-0.25, -0.2) is 9.97 Å². The molecule has 128 valence electrons. The molecular weight excluding hydrogens is 370 g/mol. The molecular formula is C17H22BrN5O. The number of methoxy groups -OCH3 is 1. The summed E-state index contributed by atoms with van der Waals surface area (Å²) in [6, 6.07) is 7.76. The summed E-state index contributed by atoms with van der Waals surface area (Å²) in [5.41, 5.74) is 9.23. The largest absolute Gasteiger partial charge is 0.383 e. The fourth-order valence-electron chi connectivity index (χ4n) is 1.88. The van der Waals surface area contributed by atoms with Gasteiger partial charge in [-0.2, -0.15) is 0 Å². The maximum Gasteiger partial charge on any atom is 0.132 e. The van der Waals surface area contributed by atoms with Crippen LogP contribution in [0.25, 0.3) is 11.0 Å². The van der Waals surface area contributed by atoms with Crippen molar-refractivity contribution < 1.29 is 4.74 Å². The Morgan fingerprint density at radius 2 is 2.08 bits per heavy atom. The standard InChI is InChI=1S/C9H10N2O.C6H6BrN3.C2H6/c1-12-5-7-3-2-4-8-9(7)11-6-10-8;7-5-1-4(2-8)6(9)10-3-5;1-2/h2-4,6H,5H2,1H3,(H,10,11);1-3,8H,(H2,9,10);1-2H3. The highest BCUT2D eigenvalue weighted by Crippen LogP contribution is 2.14. The van der Waals surface area contributed by atoms with Gasteiger partial charge in [0.05, 0.1) is 24.0 Å². The molecule has 0 aliphatic heterocycles. The molecule has 3 aromatic rings. The predicted octanol–water partition coefficient (Wildman–Crippen LogP) is 4.16. The number of anilines is 1. The van der Waals surface area contributed by atoms with E-state index in [1.54, 1.807) is 25.7 Å². The van der Waals surface area contributed by atoms with Gasteiger partial charge in [-0.15, -0.1) is 0 Å². The van der Waals surface area contributed by atoms with Crippen LogP contribution in [0.1, 0.15) is 25.0 Å². The van der Waals surface area contributed by atoms with E-state index in [2.05, 4.69) is 30.9 Å². The Balaban J connectivity index is 0.000000221. The maximum absolute atomic E-state index is 6.92. The Morgan fingerprint density at radius 1 is 1.33 bits per heavy atom. The zero-order chi connectivity index (χ0) is 17.9. The van der Waals surface area contributed by atoms with E-state index in [1.165, 1.54) is 6.21 Å². The van der Waals surface area contributed by atoms with E-state index < -0.39 is 0 Å². The number of aromatic nitrogens is 3. The first-order valence-electron chi connectivity index (χ1n) is 7.47. The van der Waals surface area contributed by atoms with Crippen LogP contribution in [0.15, 0.2) is 41.3 Å². The quantitative estimate of drug-likeness (QED) is 0.583. The summed E-state index contributed by atoms with van der Waals surface area (Å²) < 4.78 is 5.88. The monoisotopic (exact) mass is 391 g/mol. The van der Waals surface area contributed by atoms with Crippen LogP contribution in [0.3, 0.4) is 0 Å². The van der Waals surface area contributed by atoms with Crippen LogP contribution in [0.2, 0.25) is 0 Å². The van der Waals surface area contributed by atoms with Crippen LogP contribution in [-0.4, -0.2) is 28.3 Å². The summed E-state index contributed by atoms with van der Waals surface area (Å²) in [5, 5.41) is 6.92. The van der Waals surface area contributed by atoms with Gasteiger partial charge in [0.1, 0.15) is 5.82 Å². The van der Waals surface area contributed by atoms with Crippen molar-refractivity contribution >= 4 is 39.0 Å². The van der Waals surface area contributed by atoms with E-state index in [0.29, 0.717) is 18.0 Å². The van der Waals surface area contributed by atoms with Crippen molar-refractivity contribution in [3.8, 4) is 0 Å². The molecule has 0 fully saturated rings. The molecule has 0 saturated heterocycles. The van der Waals surface area contributed by atoms with E-state index in [9.17, 15) is 0 Å². The second-order valence-corrected chi connectivity index (χ2v) is 5.34. The van der Waals surface area contributed by atoms with Gasteiger partial charge in [0.25, 0.3) is 0 Å². The molecule has 0 unspecified atom stereocenters. The van der Waals surface area contributed by atoms with Gasteiger partial charge >= 0.3 is 0 Å². The van der Waals surface area contributed by atoms with Gasteiger partial charge in [0.15, 0.2) is 0 Å². The lowest BCUT2D eigenvalue weighted by Crippen LogP contribution is -1.95. The van der Waals surface area contributed by atoms with Crippen molar-refractivity contribution in [1.82, 2.24) is 15.0 Å². The van der Waals surface area contributed by atoms with Gasteiger partial charge < -0.3 is 20.9 Å².